The molecule has 4 heteroatoms. The second kappa shape index (κ2) is 4.62. The molecule has 1 unspecified atom stereocenters. The van der Waals surface area contributed by atoms with Crippen LogP contribution in [0, 0.1) is 0 Å². The van der Waals surface area contributed by atoms with E-state index in [1.54, 1.807) is 18.2 Å². The van der Waals surface area contributed by atoms with Gasteiger partial charge in [-0.25, -0.2) is 0 Å². The number of aliphatic hydroxyl groups is 1. The summed E-state index contributed by atoms with van der Waals surface area (Å²) in [4.78, 5) is 10.6. The van der Waals surface area contributed by atoms with Crippen molar-refractivity contribution in [2.45, 2.75) is 13.0 Å². The zero-order valence-electron chi connectivity index (χ0n) is 7.90. The second-order valence-electron chi connectivity index (χ2n) is 3.01. The second-order valence-corrected chi connectivity index (χ2v) is 3.01. The largest absolute Gasteiger partial charge is 0.508 e. The molecule has 0 heterocycles. The lowest BCUT2D eigenvalue weighted by atomic mass is 10.1. The lowest BCUT2D eigenvalue weighted by Crippen LogP contribution is -2.25. The average Bonchev–Trinajstić information content (AvgIpc) is 2.15. The van der Waals surface area contributed by atoms with Gasteiger partial charge in [0.1, 0.15) is 5.75 Å². The van der Waals surface area contributed by atoms with Crippen LogP contribution in [0.2, 0.25) is 0 Å². The zero-order chi connectivity index (χ0) is 10.6. The number of amides is 1. The maximum atomic E-state index is 10.6. The Balaban J connectivity index is 2.65. The molecule has 1 atom stereocenters. The van der Waals surface area contributed by atoms with E-state index in [1.807, 2.05) is 0 Å². The van der Waals surface area contributed by atoms with E-state index in [4.69, 9.17) is 0 Å². The standard InChI is InChI=1S/C10H13NO3/c1-7(12)11-6-10(14)8-4-2-3-5-9(8)13/h2-5,10,13-14H,6H2,1H3,(H,11,12). The fourth-order valence-electron chi connectivity index (χ4n) is 1.12. The molecule has 1 amide bonds. The SMILES string of the molecule is CC(=O)NCC(O)c1ccccc1O. The third-order valence-electron chi connectivity index (χ3n) is 1.84. The number of hydrogen-bond donors (Lipinski definition) is 3. The smallest absolute Gasteiger partial charge is 0.216 e. The van der Waals surface area contributed by atoms with Gasteiger partial charge >= 0.3 is 0 Å². The van der Waals surface area contributed by atoms with Crippen molar-refractivity contribution in [2.24, 2.45) is 0 Å². The van der Waals surface area contributed by atoms with Crippen molar-refractivity contribution in [3.05, 3.63) is 29.8 Å². The van der Waals surface area contributed by atoms with E-state index in [2.05, 4.69) is 5.32 Å². The van der Waals surface area contributed by atoms with Crippen LogP contribution < -0.4 is 5.32 Å². The molecule has 0 aliphatic heterocycles. The van der Waals surface area contributed by atoms with Crippen LogP contribution in [-0.4, -0.2) is 22.7 Å². The van der Waals surface area contributed by atoms with Gasteiger partial charge in [-0.05, 0) is 6.07 Å². The average molecular weight is 195 g/mol. The number of carbonyl (C=O) groups is 1. The van der Waals surface area contributed by atoms with E-state index < -0.39 is 6.10 Å². The van der Waals surface area contributed by atoms with Gasteiger partial charge in [-0.1, -0.05) is 18.2 Å². The number of hydrogen-bond acceptors (Lipinski definition) is 3. The van der Waals surface area contributed by atoms with Gasteiger partial charge in [0.15, 0.2) is 0 Å². The van der Waals surface area contributed by atoms with Crippen LogP contribution in [0.1, 0.15) is 18.6 Å². The highest BCUT2D eigenvalue weighted by Gasteiger charge is 2.11. The van der Waals surface area contributed by atoms with Gasteiger partial charge in [-0.15, -0.1) is 0 Å². The number of phenols is 1. The van der Waals surface area contributed by atoms with Crippen LogP contribution in [0.5, 0.6) is 5.75 Å². The number of benzene rings is 1. The van der Waals surface area contributed by atoms with Crippen molar-refractivity contribution in [1.82, 2.24) is 5.32 Å². The number of carbonyl (C=O) groups excluding carboxylic acids is 1. The molecule has 3 N–H and O–H groups in total. The van der Waals surface area contributed by atoms with Crippen LogP contribution in [0.3, 0.4) is 0 Å². The maximum absolute atomic E-state index is 10.6. The molecular weight excluding hydrogens is 182 g/mol. The molecule has 1 aromatic rings. The predicted octanol–water partition coefficient (Wildman–Crippen LogP) is 0.562. The number of aromatic hydroxyl groups is 1. The molecule has 1 aromatic carbocycles. The number of phenolic OH excluding ortho intramolecular Hbond substituents is 1. The van der Waals surface area contributed by atoms with Crippen LogP contribution >= 0.6 is 0 Å². The molecule has 0 aliphatic carbocycles. The predicted molar refractivity (Wildman–Crippen MR) is 51.8 cm³/mol. The summed E-state index contributed by atoms with van der Waals surface area (Å²) in [7, 11) is 0. The Morgan fingerprint density at radius 1 is 1.50 bits per heavy atom. The molecule has 0 spiro atoms. The highest BCUT2D eigenvalue weighted by atomic mass is 16.3. The topological polar surface area (TPSA) is 69.6 Å². The Kier molecular flexibility index (Phi) is 3.48. The monoisotopic (exact) mass is 195 g/mol. The van der Waals surface area contributed by atoms with Crippen LogP contribution in [0.15, 0.2) is 24.3 Å². The summed E-state index contributed by atoms with van der Waals surface area (Å²) in [5.74, 6) is -0.176. The normalized spacial score (nSPS) is 12.1. The van der Waals surface area contributed by atoms with Gasteiger partial charge in [-0.2, -0.15) is 0 Å². The van der Waals surface area contributed by atoms with E-state index >= 15 is 0 Å². The van der Waals surface area contributed by atoms with E-state index in [0.29, 0.717) is 5.56 Å². The zero-order valence-corrected chi connectivity index (χ0v) is 7.90. The molecule has 0 saturated heterocycles. The van der Waals surface area contributed by atoms with Gasteiger partial charge in [0.25, 0.3) is 0 Å². The molecule has 0 fully saturated rings. The Labute approximate surface area is 82.2 Å². The third-order valence-corrected chi connectivity index (χ3v) is 1.84. The van der Waals surface area contributed by atoms with Crippen molar-refractivity contribution < 1.29 is 15.0 Å². The number of para-hydroxylation sites is 1. The van der Waals surface area contributed by atoms with Gasteiger partial charge < -0.3 is 15.5 Å². The molecular formula is C10H13NO3. The first-order valence-corrected chi connectivity index (χ1v) is 4.31. The fourth-order valence-corrected chi connectivity index (χ4v) is 1.12. The molecule has 0 aliphatic rings. The van der Waals surface area contributed by atoms with Crippen LogP contribution in [-0.2, 0) is 4.79 Å². The van der Waals surface area contributed by atoms with Gasteiger partial charge in [0.2, 0.25) is 5.91 Å². The first-order chi connectivity index (χ1) is 6.61. The Bertz CT molecular complexity index is 325. The van der Waals surface area contributed by atoms with Crippen molar-refractivity contribution in [1.29, 1.82) is 0 Å². The minimum absolute atomic E-state index is 0.0327. The molecule has 0 radical (unpaired) electrons. The van der Waals surface area contributed by atoms with Crippen molar-refractivity contribution in [2.75, 3.05) is 6.54 Å². The number of aliphatic hydroxyl groups excluding tert-OH is 1. The summed E-state index contributed by atoms with van der Waals surface area (Å²) in [6.07, 6.45) is -0.875. The highest BCUT2D eigenvalue weighted by molar-refractivity contribution is 5.72. The Morgan fingerprint density at radius 2 is 2.14 bits per heavy atom. The van der Waals surface area contributed by atoms with E-state index in [0.717, 1.165) is 0 Å². The molecule has 0 aromatic heterocycles. The quantitative estimate of drug-likeness (QED) is 0.660. The highest BCUT2D eigenvalue weighted by Crippen LogP contribution is 2.22. The molecule has 1 rings (SSSR count). The summed E-state index contributed by atoms with van der Waals surface area (Å²) in [5.41, 5.74) is 0.418. The van der Waals surface area contributed by atoms with Crippen molar-refractivity contribution in [3.8, 4) is 5.75 Å². The first kappa shape index (κ1) is 10.5. The van der Waals surface area contributed by atoms with E-state index in [1.165, 1.54) is 13.0 Å². The molecule has 14 heavy (non-hydrogen) atoms. The fraction of sp³-hybridized carbons (Fsp3) is 0.300. The van der Waals surface area contributed by atoms with Gasteiger partial charge in [-0.3, -0.25) is 4.79 Å². The molecule has 0 bridgehead atoms. The lowest BCUT2D eigenvalue weighted by molar-refractivity contribution is -0.119. The summed E-state index contributed by atoms with van der Waals surface area (Å²) in [6.45, 7) is 1.48. The minimum atomic E-state index is -0.875. The van der Waals surface area contributed by atoms with Gasteiger partial charge in [0.05, 0.1) is 6.10 Å². The van der Waals surface area contributed by atoms with Crippen molar-refractivity contribution >= 4 is 5.91 Å². The minimum Gasteiger partial charge on any atom is -0.508 e. The third kappa shape index (κ3) is 2.74. The Morgan fingerprint density at radius 3 is 2.71 bits per heavy atom. The first-order valence-electron chi connectivity index (χ1n) is 4.31. The van der Waals surface area contributed by atoms with Gasteiger partial charge in [0, 0.05) is 19.0 Å². The summed E-state index contributed by atoms with van der Waals surface area (Å²) in [5, 5.41) is 21.4. The summed E-state index contributed by atoms with van der Waals surface area (Å²) >= 11 is 0. The van der Waals surface area contributed by atoms with E-state index in [9.17, 15) is 15.0 Å². The summed E-state index contributed by atoms with van der Waals surface area (Å²) < 4.78 is 0. The Hall–Kier alpha value is -1.55. The number of nitrogens with one attached hydrogen (secondary N) is 1. The van der Waals surface area contributed by atoms with Crippen LogP contribution in [0.4, 0.5) is 0 Å². The lowest BCUT2D eigenvalue weighted by Gasteiger charge is -2.12. The summed E-state index contributed by atoms with van der Waals surface area (Å²) in [6, 6.07) is 6.49. The molecule has 76 valence electrons. The molecule has 0 saturated carbocycles. The van der Waals surface area contributed by atoms with Crippen molar-refractivity contribution in [3.63, 3.8) is 0 Å². The number of rotatable bonds is 3. The maximum Gasteiger partial charge on any atom is 0.216 e. The van der Waals surface area contributed by atoms with Crippen LogP contribution in [0.25, 0.3) is 0 Å². The van der Waals surface area contributed by atoms with E-state index in [-0.39, 0.29) is 18.2 Å². The molecule has 4 nitrogen and oxygen atoms in total.